The summed E-state index contributed by atoms with van der Waals surface area (Å²) < 4.78 is 5.92. The van der Waals surface area contributed by atoms with Crippen molar-refractivity contribution >= 4 is 27.6 Å². The fraction of sp³-hybridized carbons (Fsp3) is 0.192. The van der Waals surface area contributed by atoms with Crippen molar-refractivity contribution in [3.63, 3.8) is 0 Å². The van der Waals surface area contributed by atoms with E-state index in [2.05, 4.69) is 34.0 Å². The number of nitrogen functional groups attached to an aromatic ring is 1. The highest BCUT2D eigenvalue weighted by Crippen LogP contribution is 2.30. The maximum atomic E-state index is 11.9. The van der Waals surface area contributed by atoms with E-state index in [0.29, 0.717) is 5.69 Å². The van der Waals surface area contributed by atoms with Crippen LogP contribution in [0.5, 0.6) is 0 Å². The molecule has 0 aliphatic carbocycles. The first-order chi connectivity index (χ1) is 13.8. The molecule has 0 spiro atoms. The molecule has 0 saturated heterocycles. The zero-order chi connectivity index (χ0) is 21.4. The fourth-order valence-electron chi connectivity index (χ4n) is 2.76. The number of esters is 1. The summed E-state index contributed by atoms with van der Waals surface area (Å²) in [7, 11) is 1.42. The Morgan fingerprint density at radius 2 is 1.60 bits per heavy atom. The van der Waals surface area contributed by atoms with Gasteiger partial charge in [0, 0.05) is 15.7 Å². The lowest BCUT2D eigenvalue weighted by Gasteiger charge is -2.22. The van der Waals surface area contributed by atoms with E-state index in [4.69, 9.17) is 16.9 Å². The molecule has 3 aromatic rings. The summed E-state index contributed by atoms with van der Waals surface area (Å²) in [5.74, 6) is 2.24. The van der Waals surface area contributed by atoms with Gasteiger partial charge in [-0.3, -0.25) is 4.79 Å². The van der Waals surface area contributed by atoms with Crippen LogP contribution in [-0.4, -0.2) is 13.1 Å². The number of ether oxygens (including phenoxy) is 1. The third-order valence-electron chi connectivity index (χ3n) is 4.55. The standard InChI is InChI=1S/C17H17BrO2.C8H7N.CH4/c1-17(2,16(19)20-3)14-8-4-6-12(10-14)13-7-5-9-15(18)11-13;1-2-7-5-3-4-6-8(7)9;/h4-11H,1-3H3;1,3-6H,9H2;1H4. The highest BCUT2D eigenvalue weighted by molar-refractivity contribution is 9.10. The summed E-state index contributed by atoms with van der Waals surface area (Å²) in [4.78, 5) is 11.9. The first kappa shape index (κ1) is 25.0. The maximum Gasteiger partial charge on any atom is 0.315 e. The average molecular weight is 466 g/mol. The predicted octanol–water partition coefficient (Wildman–Crippen LogP) is 6.45. The second-order valence-electron chi connectivity index (χ2n) is 6.94. The molecule has 4 heteroatoms. The Kier molecular flexibility index (Phi) is 9.36. The van der Waals surface area contributed by atoms with E-state index in [1.807, 2.05) is 68.4 Å². The van der Waals surface area contributed by atoms with Crippen LogP contribution in [0.3, 0.4) is 0 Å². The summed E-state index contributed by atoms with van der Waals surface area (Å²) in [6.45, 7) is 3.75. The Balaban J connectivity index is 0.000000379. The van der Waals surface area contributed by atoms with E-state index >= 15 is 0 Å². The van der Waals surface area contributed by atoms with Crippen molar-refractivity contribution in [1.29, 1.82) is 0 Å². The summed E-state index contributed by atoms with van der Waals surface area (Å²) in [6.07, 6.45) is 5.12. The summed E-state index contributed by atoms with van der Waals surface area (Å²) >= 11 is 3.48. The Morgan fingerprint density at radius 1 is 1.00 bits per heavy atom. The summed E-state index contributed by atoms with van der Waals surface area (Å²) in [5.41, 5.74) is 9.40. The van der Waals surface area contributed by atoms with Crippen LogP contribution in [0.1, 0.15) is 32.4 Å². The topological polar surface area (TPSA) is 52.3 Å². The number of anilines is 1. The minimum absolute atomic E-state index is 0. The van der Waals surface area contributed by atoms with Crippen molar-refractivity contribution in [3.05, 3.63) is 88.4 Å². The van der Waals surface area contributed by atoms with Crippen LogP contribution in [0.2, 0.25) is 0 Å². The second-order valence-corrected chi connectivity index (χ2v) is 7.85. The van der Waals surface area contributed by atoms with E-state index in [1.54, 1.807) is 6.07 Å². The van der Waals surface area contributed by atoms with Gasteiger partial charge >= 0.3 is 5.97 Å². The van der Waals surface area contributed by atoms with Crippen LogP contribution in [0, 0.1) is 12.3 Å². The van der Waals surface area contributed by atoms with E-state index in [-0.39, 0.29) is 13.4 Å². The molecule has 0 aromatic heterocycles. The molecule has 30 heavy (non-hydrogen) atoms. The predicted molar refractivity (Wildman–Crippen MR) is 130 cm³/mol. The summed E-state index contributed by atoms with van der Waals surface area (Å²) in [5, 5.41) is 0. The van der Waals surface area contributed by atoms with E-state index in [0.717, 1.165) is 26.7 Å². The molecule has 0 bridgehead atoms. The van der Waals surface area contributed by atoms with Gasteiger partial charge in [0.05, 0.1) is 12.5 Å². The molecular formula is C26H28BrNO2. The van der Waals surface area contributed by atoms with Gasteiger partial charge in [0.25, 0.3) is 0 Å². The normalized spacial score (nSPS) is 9.97. The highest BCUT2D eigenvalue weighted by atomic mass is 79.9. The minimum Gasteiger partial charge on any atom is -0.468 e. The first-order valence-electron chi connectivity index (χ1n) is 9.05. The Bertz CT molecular complexity index is 1030. The molecule has 0 aliphatic heterocycles. The van der Waals surface area contributed by atoms with Gasteiger partial charge in [0.2, 0.25) is 0 Å². The van der Waals surface area contributed by atoms with E-state index in [9.17, 15) is 4.79 Å². The molecule has 0 heterocycles. The number of carbonyl (C=O) groups is 1. The van der Waals surface area contributed by atoms with E-state index in [1.165, 1.54) is 7.11 Å². The molecule has 0 radical (unpaired) electrons. The van der Waals surface area contributed by atoms with Crippen molar-refractivity contribution < 1.29 is 9.53 Å². The number of benzene rings is 3. The lowest BCUT2D eigenvalue weighted by atomic mass is 9.83. The highest BCUT2D eigenvalue weighted by Gasteiger charge is 2.30. The second kappa shape index (κ2) is 11.2. The monoisotopic (exact) mass is 465 g/mol. The van der Waals surface area contributed by atoms with Crippen LogP contribution in [-0.2, 0) is 14.9 Å². The number of nitrogens with two attached hydrogens (primary N) is 1. The Hall–Kier alpha value is -3.03. The quantitative estimate of drug-likeness (QED) is 0.274. The minimum atomic E-state index is -0.656. The van der Waals surface area contributed by atoms with Gasteiger partial charge in [0.1, 0.15) is 0 Å². The number of para-hydroxylation sites is 1. The molecule has 0 saturated carbocycles. The number of hydrogen-bond donors (Lipinski definition) is 1. The van der Waals surface area contributed by atoms with Crippen molar-refractivity contribution in [1.82, 2.24) is 0 Å². The average Bonchev–Trinajstić information content (AvgIpc) is 2.74. The van der Waals surface area contributed by atoms with E-state index < -0.39 is 5.41 Å². The molecule has 3 nitrogen and oxygen atoms in total. The Labute approximate surface area is 188 Å². The third-order valence-corrected chi connectivity index (χ3v) is 5.05. The molecule has 0 fully saturated rings. The van der Waals surface area contributed by atoms with Crippen LogP contribution in [0.4, 0.5) is 5.69 Å². The summed E-state index contributed by atoms with van der Waals surface area (Å²) in [6, 6.07) is 23.4. The van der Waals surface area contributed by atoms with Crippen LogP contribution in [0.15, 0.2) is 77.3 Å². The zero-order valence-corrected chi connectivity index (χ0v) is 18.4. The van der Waals surface area contributed by atoms with Crippen molar-refractivity contribution in [2.24, 2.45) is 0 Å². The van der Waals surface area contributed by atoms with Gasteiger partial charge in [-0.15, -0.1) is 6.42 Å². The number of carbonyl (C=O) groups excluding carboxylic acids is 1. The molecule has 2 N–H and O–H groups in total. The largest absolute Gasteiger partial charge is 0.468 e. The van der Waals surface area contributed by atoms with Crippen LogP contribution < -0.4 is 5.73 Å². The van der Waals surface area contributed by atoms with Crippen molar-refractivity contribution in [3.8, 4) is 23.5 Å². The molecule has 0 aliphatic rings. The molecule has 0 unspecified atom stereocenters. The SMILES string of the molecule is C.C#Cc1ccccc1N.COC(=O)C(C)(C)c1cccc(-c2cccc(Br)c2)c1. The smallest absolute Gasteiger partial charge is 0.315 e. The molecule has 0 amide bonds. The van der Waals surface area contributed by atoms with Gasteiger partial charge in [-0.05, 0) is 54.8 Å². The zero-order valence-electron chi connectivity index (χ0n) is 16.8. The Morgan fingerprint density at radius 3 is 2.13 bits per heavy atom. The third kappa shape index (κ3) is 6.23. The van der Waals surface area contributed by atoms with Gasteiger partial charge in [-0.1, -0.05) is 77.8 Å². The van der Waals surface area contributed by atoms with Gasteiger partial charge < -0.3 is 10.5 Å². The van der Waals surface area contributed by atoms with Crippen LogP contribution >= 0.6 is 15.9 Å². The van der Waals surface area contributed by atoms with Gasteiger partial charge in [0.15, 0.2) is 0 Å². The number of halogens is 1. The van der Waals surface area contributed by atoms with Gasteiger partial charge in [-0.25, -0.2) is 0 Å². The number of hydrogen-bond acceptors (Lipinski definition) is 3. The lowest BCUT2D eigenvalue weighted by Crippen LogP contribution is -2.30. The van der Waals surface area contributed by atoms with Gasteiger partial charge in [-0.2, -0.15) is 0 Å². The maximum absolute atomic E-state index is 11.9. The molecule has 156 valence electrons. The van der Waals surface area contributed by atoms with Crippen molar-refractivity contribution in [2.75, 3.05) is 12.8 Å². The van der Waals surface area contributed by atoms with Crippen molar-refractivity contribution in [2.45, 2.75) is 26.7 Å². The molecule has 0 atom stereocenters. The number of methoxy groups -OCH3 is 1. The lowest BCUT2D eigenvalue weighted by molar-refractivity contribution is -0.146. The van der Waals surface area contributed by atoms with Crippen LogP contribution in [0.25, 0.3) is 11.1 Å². The molecular weight excluding hydrogens is 438 g/mol. The number of terminal acetylenes is 1. The molecule has 3 rings (SSSR count). The molecule has 3 aromatic carbocycles. The first-order valence-corrected chi connectivity index (χ1v) is 9.85. The fourth-order valence-corrected chi connectivity index (χ4v) is 3.16. The number of rotatable bonds is 3.